The van der Waals surface area contributed by atoms with Crippen molar-refractivity contribution < 1.29 is 8.42 Å². The first-order valence-electron chi connectivity index (χ1n) is 3.31. The number of allylic oxidation sites excluding steroid dienone is 1. The Hall–Kier alpha value is -0.840. The zero-order valence-corrected chi connectivity index (χ0v) is 7.27. The first kappa shape index (κ1) is 8.26. The van der Waals surface area contributed by atoms with Gasteiger partial charge in [0.25, 0.3) is 0 Å². The van der Waals surface area contributed by atoms with Crippen molar-refractivity contribution >= 4 is 15.0 Å². The summed E-state index contributed by atoms with van der Waals surface area (Å²) in [7, 11) is -3.22. The first-order chi connectivity index (χ1) is 5.06. The van der Waals surface area contributed by atoms with Crippen LogP contribution in [-0.4, -0.2) is 20.1 Å². The van der Waals surface area contributed by atoms with Crippen LogP contribution in [0.4, 0.5) is 0 Å². The third-order valence-electron chi connectivity index (χ3n) is 1.21. The van der Waals surface area contributed by atoms with Gasteiger partial charge in [-0.15, -0.1) is 0 Å². The molecule has 0 saturated carbocycles. The molecule has 0 atom stereocenters. The number of rotatable bonds is 1. The molecule has 5 heteroatoms. The van der Waals surface area contributed by atoms with Crippen LogP contribution in [-0.2, 0) is 9.84 Å². The Morgan fingerprint density at radius 1 is 1.64 bits per heavy atom. The molecule has 1 aliphatic heterocycles. The minimum atomic E-state index is -3.22. The maximum absolute atomic E-state index is 11.1. The molecule has 1 aliphatic rings. The lowest BCUT2D eigenvalue weighted by atomic mass is 10.6. The van der Waals surface area contributed by atoms with Crippen LogP contribution < -0.4 is 5.32 Å². The fourth-order valence-electron chi connectivity index (χ4n) is 0.831. The molecular weight excluding hydrogens is 164 g/mol. The maximum Gasteiger partial charge on any atom is 0.234 e. The monoisotopic (exact) mass is 174 g/mol. The SMILES string of the molecule is CCN=C1NC(C)=CS1(=O)=O. The fourth-order valence-corrected chi connectivity index (χ4v) is 2.08. The van der Waals surface area contributed by atoms with Gasteiger partial charge in [0.1, 0.15) is 0 Å². The van der Waals surface area contributed by atoms with Crippen LogP contribution in [0.5, 0.6) is 0 Å². The van der Waals surface area contributed by atoms with Crippen LogP contribution in [0, 0.1) is 0 Å². The van der Waals surface area contributed by atoms with E-state index in [1.807, 2.05) is 0 Å². The van der Waals surface area contributed by atoms with Gasteiger partial charge in [-0.2, -0.15) is 0 Å². The third kappa shape index (κ3) is 1.59. The molecule has 11 heavy (non-hydrogen) atoms. The van der Waals surface area contributed by atoms with E-state index in [0.29, 0.717) is 12.2 Å². The zero-order chi connectivity index (χ0) is 8.48. The van der Waals surface area contributed by atoms with Gasteiger partial charge in [-0.05, 0) is 13.8 Å². The van der Waals surface area contributed by atoms with Gasteiger partial charge in [0, 0.05) is 12.2 Å². The van der Waals surface area contributed by atoms with Gasteiger partial charge < -0.3 is 5.32 Å². The highest BCUT2D eigenvalue weighted by atomic mass is 32.2. The minimum Gasteiger partial charge on any atom is -0.334 e. The number of aliphatic imine (C=N–C) groups is 1. The number of hydrogen-bond acceptors (Lipinski definition) is 3. The number of nitrogens with zero attached hydrogens (tertiary/aromatic N) is 1. The summed E-state index contributed by atoms with van der Waals surface area (Å²) in [5, 5.41) is 3.92. The van der Waals surface area contributed by atoms with E-state index in [0.717, 1.165) is 0 Å². The van der Waals surface area contributed by atoms with E-state index in [4.69, 9.17) is 0 Å². The predicted octanol–water partition coefficient (Wildman–Crippen LogP) is 0.242. The molecule has 0 spiro atoms. The Labute approximate surface area is 65.9 Å². The van der Waals surface area contributed by atoms with E-state index in [1.165, 1.54) is 5.41 Å². The summed E-state index contributed by atoms with van der Waals surface area (Å²) in [6, 6.07) is 0. The van der Waals surface area contributed by atoms with E-state index >= 15 is 0 Å². The summed E-state index contributed by atoms with van der Waals surface area (Å²) in [4.78, 5) is 3.79. The van der Waals surface area contributed by atoms with Crippen molar-refractivity contribution in [2.24, 2.45) is 4.99 Å². The molecule has 0 fully saturated rings. The van der Waals surface area contributed by atoms with Crippen LogP contribution >= 0.6 is 0 Å². The summed E-state index contributed by atoms with van der Waals surface area (Å²) >= 11 is 0. The van der Waals surface area contributed by atoms with Crippen molar-refractivity contribution in [2.45, 2.75) is 13.8 Å². The topological polar surface area (TPSA) is 58.5 Å². The summed E-state index contributed by atoms with van der Waals surface area (Å²) in [5.41, 5.74) is 0.622. The molecule has 0 aromatic heterocycles. The molecule has 0 aromatic carbocycles. The fraction of sp³-hybridized carbons (Fsp3) is 0.500. The van der Waals surface area contributed by atoms with Crippen molar-refractivity contribution in [3.63, 3.8) is 0 Å². The van der Waals surface area contributed by atoms with Gasteiger partial charge in [-0.25, -0.2) is 8.42 Å². The van der Waals surface area contributed by atoms with Crippen LogP contribution in [0.25, 0.3) is 0 Å². The molecule has 1 N–H and O–H groups in total. The second-order valence-corrected chi connectivity index (χ2v) is 3.96. The predicted molar refractivity (Wildman–Crippen MR) is 43.8 cm³/mol. The summed E-state index contributed by atoms with van der Waals surface area (Å²) in [6.45, 7) is 3.95. The number of amidine groups is 1. The van der Waals surface area contributed by atoms with Crippen LogP contribution in [0.2, 0.25) is 0 Å². The number of sulfone groups is 1. The van der Waals surface area contributed by atoms with E-state index in [2.05, 4.69) is 10.3 Å². The van der Waals surface area contributed by atoms with Crippen molar-refractivity contribution in [3.8, 4) is 0 Å². The van der Waals surface area contributed by atoms with E-state index in [-0.39, 0.29) is 5.17 Å². The Bertz CT molecular complexity index is 313. The van der Waals surface area contributed by atoms with E-state index in [9.17, 15) is 8.42 Å². The Kier molecular flexibility index (Phi) is 1.99. The number of hydrogen-bond donors (Lipinski definition) is 1. The maximum atomic E-state index is 11.1. The average molecular weight is 174 g/mol. The highest BCUT2D eigenvalue weighted by Crippen LogP contribution is 2.07. The van der Waals surface area contributed by atoms with Gasteiger partial charge in [0.2, 0.25) is 15.0 Å². The molecule has 4 nitrogen and oxygen atoms in total. The Morgan fingerprint density at radius 2 is 2.27 bits per heavy atom. The van der Waals surface area contributed by atoms with Gasteiger partial charge in [0.15, 0.2) is 0 Å². The lowest BCUT2D eigenvalue weighted by Gasteiger charge is -1.96. The van der Waals surface area contributed by atoms with Gasteiger partial charge in [-0.1, -0.05) is 0 Å². The van der Waals surface area contributed by atoms with Crippen molar-refractivity contribution in [1.82, 2.24) is 5.32 Å². The minimum absolute atomic E-state index is 0.0671. The molecule has 62 valence electrons. The van der Waals surface area contributed by atoms with Crippen molar-refractivity contribution in [3.05, 3.63) is 11.1 Å². The molecule has 0 aliphatic carbocycles. The summed E-state index contributed by atoms with van der Waals surface area (Å²) in [6.07, 6.45) is 0. The molecule has 0 aromatic rings. The lowest BCUT2D eigenvalue weighted by molar-refractivity contribution is 0.615. The Balaban J connectivity index is 3.04. The zero-order valence-electron chi connectivity index (χ0n) is 6.46. The summed E-state index contributed by atoms with van der Waals surface area (Å²) < 4.78 is 22.2. The second-order valence-electron chi connectivity index (χ2n) is 2.25. The normalized spacial score (nSPS) is 24.9. The molecule has 1 rings (SSSR count). The second kappa shape index (κ2) is 2.65. The van der Waals surface area contributed by atoms with E-state index in [1.54, 1.807) is 13.8 Å². The van der Waals surface area contributed by atoms with Gasteiger partial charge in [-0.3, -0.25) is 4.99 Å². The molecule has 0 unspecified atom stereocenters. The summed E-state index contributed by atoms with van der Waals surface area (Å²) in [5.74, 6) is 0. The van der Waals surface area contributed by atoms with Crippen molar-refractivity contribution in [2.75, 3.05) is 6.54 Å². The average Bonchev–Trinajstić information content (AvgIpc) is 2.07. The molecule has 0 amide bonds. The number of nitrogens with one attached hydrogen (secondary N) is 1. The van der Waals surface area contributed by atoms with Gasteiger partial charge >= 0.3 is 0 Å². The molecule has 0 saturated heterocycles. The largest absolute Gasteiger partial charge is 0.334 e. The molecule has 0 radical (unpaired) electrons. The Morgan fingerprint density at radius 3 is 2.64 bits per heavy atom. The van der Waals surface area contributed by atoms with Crippen LogP contribution in [0.15, 0.2) is 16.1 Å². The highest BCUT2D eigenvalue weighted by molar-refractivity contribution is 8.09. The smallest absolute Gasteiger partial charge is 0.234 e. The highest BCUT2D eigenvalue weighted by Gasteiger charge is 2.23. The molecule has 1 heterocycles. The third-order valence-corrected chi connectivity index (χ3v) is 2.64. The van der Waals surface area contributed by atoms with Crippen LogP contribution in [0.1, 0.15) is 13.8 Å². The lowest BCUT2D eigenvalue weighted by Crippen LogP contribution is -2.21. The van der Waals surface area contributed by atoms with E-state index < -0.39 is 9.84 Å². The first-order valence-corrected chi connectivity index (χ1v) is 4.86. The quantitative estimate of drug-likeness (QED) is 0.619. The van der Waals surface area contributed by atoms with Gasteiger partial charge in [0.05, 0.1) is 5.41 Å². The van der Waals surface area contributed by atoms with Crippen molar-refractivity contribution in [1.29, 1.82) is 0 Å². The van der Waals surface area contributed by atoms with Crippen LogP contribution in [0.3, 0.4) is 0 Å². The molecular formula is C6H10N2O2S. The molecule has 0 bridgehead atoms. The standard InChI is InChI=1S/C6H10N2O2S/c1-3-7-6-8-5(2)4-11(6,9)10/h4H,3H2,1-2H3,(H,7,8).